The molecule has 1 aliphatic rings. The fourth-order valence-corrected chi connectivity index (χ4v) is 2.58. The molecular weight excluding hydrogens is 212 g/mol. The van der Waals surface area contributed by atoms with Crippen LogP contribution in [0.25, 0.3) is 0 Å². The van der Waals surface area contributed by atoms with E-state index < -0.39 is 0 Å². The van der Waals surface area contributed by atoms with Crippen molar-refractivity contribution in [1.82, 2.24) is 9.97 Å². The second-order valence-corrected chi connectivity index (χ2v) is 5.16. The van der Waals surface area contributed by atoms with Gasteiger partial charge in [0.2, 0.25) is 5.95 Å². The first-order valence-corrected chi connectivity index (χ1v) is 6.09. The number of hydrogen-bond donors (Lipinski definition) is 0. The molecule has 1 fully saturated rings. The summed E-state index contributed by atoms with van der Waals surface area (Å²) in [7, 11) is 0. The minimum Gasteiger partial charge on any atom is -0.340 e. The van der Waals surface area contributed by atoms with Crippen LogP contribution in [0.1, 0.15) is 31.7 Å². The van der Waals surface area contributed by atoms with Crippen LogP contribution in [-0.4, -0.2) is 23.1 Å². The second kappa shape index (κ2) is 4.70. The Morgan fingerprint density at radius 3 is 2.53 bits per heavy atom. The molecule has 0 amide bonds. The lowest BCUT2D eigenvalue weighted by Crippen LogP contribution is -2.39. The summed E-state index contributed by atoms with van der Waals surface area (Å²) in [6.45, 7) is 8.38. The third kappa shape index (κ3) is 2.73. The molecule has 2 heterocycles. The molecule has 0 aliphatic carbocycles. The quantitative estimate of drug-likeness (QED) is 0.741. The predicted octanol–water partition coefficient (Wildman–Crippen LogP) is 2.14. The molecule has 0 N–H and O–H groups in total. The maximum absolute atomic E-state index is 8.93. The Balaban J connectivity index is 2.27. The van der Waals surface area contributed by atoms with E-state index in [-0.39, 0.29) is 0 Å². The van der Waals surface area contributed by atoms with E-state index in [9.17, 15) is 0 Å². The van der Waals surface area contributed by atoms with Gasteiger partial charge in [-0.25, -0.2) is 9.97 Å². The molecular formula is C13H18N4. The minimum absolute atomic E-state index is 0.457. The van der Waals surface area contributed by atoms with Crippen LogP contribution in [0.15, 0.2) is 6.07 Å². The molecule has 1 aromatic heterocycles. The Hall–Kier alpha value is -1.63. The molecule has 0 saturated carbocycles. The van der Waals surface area contributed by atoms with E-state index in [2.05, 4.69) is 34.8 Å². The lowest BCUT2D eigenvalue weighted by molar-refractivity contribution is 0.353. The number of aryl methyl sites for hydroxylation is 1. The van der Waals surface area contributed by atoms with Crippen LogP contribution in [0.2, 0.25) is 0 Å². The number of anilines is 1. The third-order valence-corrected chi connectivity index (χ3v) is 3.11. The molecule has 4 heteroatoms. The van der Waals surface area contributed by atoms with E-state index in [0.29, 0.717) is 23.5 Å². The highest BCUT2D eigenvalue weighted by Gasteiger charge is 2.23. The van der Waals surface area contributed by atoms with Crippen molar-refractivity contribution in [2.45, 2.75) is 27.2 Å². The van der Waals surface area contributed by atoms with Gasteiger partial charge in [0.15, 0.2) is 0 Å². The van der Waals surface area contributed by atoms with Crippen molar-refractivity contribution in [1.29, 1.82) is 5.26 Å². The number of nitrogens with zero attached hydrogens (tertiary/aromatic N) is 4. The Morgan fingerprint density at radius 1 is 1.29 bits per heavy atom. The fraction of sp³-hybridized carbons (Fsp3) is 0.615. The van der Waals surface area contributed by atoms with Gasteiger partial charge in [0.05, 0.1) is 0 Å². The standard InChI is InChI=1S/C13H18N4/c1-9-4-10(2)8-17(7-9)13-15-11(3)5-12(6-14)16-13/h5,9-10H,4,7-8H2,1-3H3. The summed E-state index contributed by atoms with van der Waals surface area (Å²) in [5.74, 6) is 2.03. The number of hydrogen-bond acceptors (Lipinski definition) is 4. The van der Waals surface area contributed by atoms with Crippen molar-refractivity contribution in [3.05, 3.63) is 17.5 Å². The van der Waals surface area contributed by atoms with Crippen molar-refractivity contribution in [2.75, 3.05) is 18.0 Å². The van der Waals surface area contributed by atoms with Gasteiger partial charge in [0, 0.05) is 18.8 Å². The lowest BCUT2D eigenvalue weighted by Gasteiger charge is -2.35. The predicted molar refractivity (Wildman–Crippen MR) is 66.6 cm³/mol. The zero-order valence-electron chi connectivity index (χ0n) is 10.6. The first kappa shape index (κ1) is 11.8. The number of rotatable bonds is 1. The van der Waals surface area contributed by atoms with Gasteiger partial charge in [-0.05, 0) is 31.2 Å². The first-order valence-electron chi connectivity index (χ1n) is 6.09. The van der Waals surface area contributed by atoms with Gasteiger partial charge >= 0.3 is 0 Å². The smallest absolute Gasteiger partial charge is 0.226 e. The number of nitriles is 1. The Bertz CT molecular complexity index is 439. The molecule has 2 atom stereocenters. The van der Waals surface area contributed by atoms with Gasteiger partial charge in [-0.2, -0.15) is 5.26 Å². The van der Waals surface area contributed by atoms with Crippen LogP contribution >= 0.6 is 0 Å². The lowest BCUT2D eigenvalue weighted by atomic mass is 9.92. The van der Waals surface area contributed by atoms with Crippen LogP contribution in [-0.2, 0) is 0 Å². The van der Waals surface area contributed by atoms with E-state index in [1.807, 2.05) is 6.92 Å². The molecule has 2 unspecified atom stereocenters. The Kier molecular flexibility index (Phi) is 3.28. The summed E-state index contributed by atoms with van der Waals surface area (Å²) in [6.07, 6.45) is 1.26. The monoisotopic (exact) mass is 230 g/mol. The van der Waals surface area contributed by atoms with E-state index in [0.717, 1.165) is 18.8 Å². The van der Waals surface area contributed by atoms with Gasteiger partial charge in [-0.1, -0.05) is 13.8 Å². The number of aromatic nitrogens is 2. The minimum atomic E-state index is 0.457. The zero-order chi connectivity index (χ0) is 12.4. The Labute approximate surface area is 102 Å². The Morgan fingerprint density at radius 2 is 1.94 bits per heavy atom. The maximum atomic E-state index is 8.93. The molecule has 0 spiro atoms. The SMILES string of the molecule is Cc1cc(C#N)nc(N2CC(C)CC(C)C2)n1. The third-order valence-electron chi connectivity index (χ3n) is 3.11. The maximum Gasteiger partial charge on any atom is 0.226 e. The molecule has 1 aromatic rings. The largest absolute Gasteiger partial charge is 0.340 e. The molecule has 2 rings (SSSR count). The highest BCUT2D eigenvalue weighted by atomic mass is 15.3. The fourth-order valence-electron chi connectivity index (χ4n) is 2.58. The zero-order valence-corrected chi connectivity index (χ0v) is 10.6. The van der Waals surface area contributed by atoms with Gasteiger partial charge in [0.1, 0.15) is 11.8 Å². The summed E-state index contributed by atoms with van der Waals surface area (Å²) in [5.41, 5.74) is 1.32. The van der Waals surface area contributed by atoms with Crippen molar-refractivity contribution >= 4 is 5.95 Å². The van der Waals surface area contributed by atoms with Crippen LogP contribution in [0, 0.1) is 30.1 Å². The van der Waals surface area contributed by atoms with E-state index in [4.69, 9.17) is 5.26 Å². The normalized spacial score (nSPS) is 24.5. The highest BCUT2D eigenvalue weighted by molar-refractivity contribution is 5.36. The highest BCUT2D eigenvalue weighted by Crippen LogP contribution is 2.24. The van der Waals surface area contributed by atoms with Crippen molar-refractivity contribution < 1.29 is 0 Å². The number of piperidine rings is 1. The topological polar surface area (TPSA) is 52.8 Å². The van der Waals surface area contributed by atoms with Crippen LogP contribution in [0.4, 0.5) is 5.95 Å². The average molecular weight is 230 g/mol. The molecule has 90 valence electrons. The van der Waals surface area contributed by atoms with Crippen LogP contribution < -0.4 is 4.90 Å². The van der Waals surface area contributed by atoms with E-state index >= 15 is 0 Å². The van der Waals surface area contributed by atoms with Crippen molar-refractivity contribution in [3.8, 4) is 6.07 Å². The van der Waals surface area contributed by atoms with Crippen molar-refractivity contribution in [3.63, 3.8) is 0 Å². The summed E-state index contributed by atoms with van der Waals surface area (Å²) in [5, 5.41) is 8.93. The van der Waals surface area contributed by atoms with Gasteiger partial charge < -0.3 is 4.90 Å². The van der Waals surface area contributed by atoms with Crippen LogP contribution in [0.5, 0.6) is 0 Å². The van der Waals surface area contributed by atoms with Crippen molar-refractivity contribution in [2.24, 2.45) is 11.8 Å². The molecule has 0 aromatic carbocycles. The summed E-state index contributed by atoms with van der Waals surface area (Å²) < 4.78 is 0. The van der Waals surface area contributed by atoms with Crippen LogP contribution in [0.3, 0.4) is 0 Å². The summed E-state index contributed by atoms with van der Waals surface area (Å²) in [6, 6.07) is 3.81. The molecule has 4 nitrogen and oxygen atoms in total. The first-order chi connectivity index (χ1) is 8.08. The van der Waals surface area contributed by atoms with Gasteiger partial charge in [-0.3, -0.25) is 0 Å². The summed E-state index contributed by atoms with van der Waals surface area (Å²) in [4.78, 5) is 10.9. The molecule has 0 bridgehead atoms. The molecule has 1 aliphatic heterocycles. The summed E-state index contributed by atoms with van der Waals surface area (Å²) >= 11 is 0. The van der Waals surface area contributed by atoms with Gasteiger partial charge in [-0.15, -0.1) is 0 Å². The molecule has 1 saturated heterocycles. The van der Waals surface area contributed by atoms with E-state index in [1.165, 1.54) is 6.42 Å². The molecule has 0 radical (unpaired) electrons. The van der Waals surface area contributed by atoms with E-state index in [1.54, 1.807) is 6.07 Å². The average Bonchev–Trinajstić information content (AvgIpc) is 2.26. The second-order valence-electron chi connectivity index (χ2n) is 5.16. The molecule has 17 heavy (non-hydrogen) atoms. The van der Waals surface area contributed by atoms with Gasteiger partial charge in [0.25, 0.3) is 0 Å².